The first kappa shape index (κ1) is 24.0. The molecule has 1 saturated heterocycles. The van der Waals surface area contributed by atoms with Gasteiger partial charge in [-0.05, 0) is 32.0 Å². The number of amides is 1. The molecule has 3 heterocycles. The van der Waals surface area contributed by atoms with Gasteiger partial charge in [0.05, 0.1) is 24.0 Å². The molecule has 2 aromatic heterocycles. The number of carbonyl (C=O) groups excluding carboxylic acids is 1. The maximum absolute atomic E-state index is 14.6. The second-order valence-electron chi connectivity index (χ2n) is 8.34. The third-order valence-electron chi connectivity index (χ3n) is 5.56. The molecule has 182 valence electrons. The van der Waals surface area contributed by atoms with Gasteiger partial charge in [-0.25, -0.2) is 14.4 Å². The first-order valence-electron chi connectivity index (χ1n) is 11.1. The van der Waals surface area contributed by atoms with Gasteiger partial charge in [0.25, 0.3) is 0 Å². The molecule has 4 rings (SSSR count). The maximum Gasteiger partial charge on any atom is 0.248 e. The molecule has 0 aliphatic carbocycles. The number of carbonyl (C=O) groups is 1. The summed E-state index contributed by atoms with van der Waals surface area (Å²) < 4.78 is 22.2. The summed E-state index contributed by atoms with van der Waals surface area (Å²) in [6.45, 7) is 3.48. The van der Waals surface area contributed by atoms with Gasteiger partial charge in [0.2, 0.25) is 11.9 Å². The number of aliphatic hydroxyl groups excluding tert-OH is 1. The number of piperidine rings is 1. The van der Waals surface area contributed by atoms with Crippen molar-refractivity contribution in [2.75, 3.05) is 25.0 Å². The zero-order chi connectivity index (χ0) is 24.9. The summed E-state index contributed by atoms with van der Waals surface area (Å²) in [7, 11) is 0. The van der Waals surface area contributed by atoms with Crippen LogP contribution in [0.2, 0.25) is 0 Å². The van der Waals surface area contributed by atoms with Gasteiger partial charge in [-0.3, -0.25) is 9.48 Å². The fourth-order valence-corrected chi connectivity index (χ4v) is 3.67. The van der Waals surface area contributed by atoms with E-state index in [2.05, 4.69) is 31.4 Å². The second kappa shape index (κ2) is 10.4. The number of nitriles is 1. The Morgan fingerprint density at radius 3 is 2.91 bits per heavy atom. The zero-order valence-electron chi connectivity index (χ0n) is 19.3. The predicted octanol–water partition coefficient (Wildman–Crippen LogP) is 2.24. The minimum atomic E-state index is -1.44. The van der Waals surface area contributed by atoms with Crippen molar-refractivity contribution in [3.05, 3.63) is 42.5 Å². The number of aliphatic hydroxyl groups is 1. The summed E-state index contributed by atoms with van der Waals surface area (Å²) in [6, 6.07) is 7.12. The van der Waals surface area contributed by atoms with E-state index in [9.17, 15) is 14.4 Å². The van der Waals surface area contributed by atoms with Crippen LogP contribution in [-0.2, 0) is 4.79 Å². The lowest BCUT2D eigenvalue weighted by atomic mass is 10.0. The molecule has 35 heavy (non-hydrogen) atoms. The van der Waals surface area contributed by atoms with Crippen molar-refractivity contribution in [2.45, 2.75) is 38.6 Å². The van der Waals surface area contributed by atoms with Gasteiger partial charge >= 0.3 is 0 Å². The van der Waals surface area contributed by atoms with Crippen molar-refractivity contribution in [2.24, 2.45) is 0 Å². The minimum Gasteiger partial charge on any atom is -0.486 e. The number of nitrogens with one attached hydrogen (secondary N) is 1. The smallest absolute Gasteiger partial charge is 0.248 e. The molecule has 1 aliphatic heterocycles. The molecular formula is C23H25FN8O3. The van der Waals surface area contributed by atoms with Gasteiger partial charge in [0.1, 0.15) is 30.9 Å². The van der Waals surface area contributed by atoms with E-state index in [-0.39, 0.29) is 36.9 Å². The van der Waals surface area contributed by atoms with Gasteiger partial charge in [0, 0.05) is 30.8 Å². The van der Waals surface area contributed by atoms with Crippen molar-refractivity contribution in [3.8, 4) is 23.2 Å². The number of ether oxygens (including phenoxy) is 1. The first-order chi connectivity index (χ1) is 16.9. The molecule has 11 nitrogen and oxygen atoms in total. The SMILES string of the molecule is CC(C)n1cc(Nc2ncnc(-c3ccc(O[C@H]4CCN(C(=O)CO)CC4F)c(C#N)c3)n2)cn1. The molecule has 0 saturated carbocycles. The summed E-state index contributed by atoms with van der Waals surface area (Å²) in [5.74, 6) is 0.384. The molecule has 3 aromatic rings. The van der Waals surface area contributed by atoms with Crippen LogP contribution >= 0.6 is 0 Å². The van der Waals surface area contributed by atoms with Gasteiger partial charge in [-0.15, -0.1) is 0 Å². The molecule has 1 aliphatic rings. The molecule has 1 amide bonds. The summed E-state index contributed by atoms with van der Waals surface area (Å²) in [5.41, 5.74) is 1.50. The Kier molecular flexibility index (Phi) is 7.17. The van der Waals surface area contributed by atoms with Crippen LogP contribution in [0.1, 0.15) is 31.9 Å². The Morgan fingerprint density at radius 2 is 2.23 bits per heavy atom. The van der Waals surface area contributed by atoms with E-state index in [0.717, 1.165) is 5.69 Å². The van der Waals surface area contributed by atoms with E-state index >= 15 is 0 Å². The number of anilines is 2. The largest absolute Gasteiger partial charge is 0.486 e. The number of rotatable bonds is 7. The van der Waals surface area contributed by atoms with Crippen LogP contribution in [0.3, 0.4) is 0 Å². The number of halogens is 1. The van der Waals surface area contributed by atoms with Gasteiger partial charge in [-0.1, -0.05) is 0 Å². The Labute approximate surface area is 201 Å². The number of hydrogen-bond acceptors (Lipinski definition) is 9. The number of aromatic nitrogens is 5. The molecule has 2 atom stereocenters. The predicted molar refractivity (Wildman–Crippen MR) is 123 cm³/mol. The average Bonchev–Trinajstić information content (AvgIpc) is 3.34. The van der Waals surface area contributed by atoms with E-state index in [1.54, 1.807) is 29.1 Å². The lowest BCUT2D eigenvalue weighted by molar-refractivity contribution is -0.138. The zero-order valence-corrected chi connectivity index (χ0v) is 19.3. The van der Waals surface area contributed by atoms with Crippen LogP contribution in [0.15, 0.2) is 36.9 Å². The molecule has 0 bridgehead atoms. The van der Waals surface area contributed by atoms with Gasteiger partial charge < -0.3 is 20.1 Å². The normalized spacial score (nSPS) is 17.8. The molecule has 12 heteroatoms. The third-order valence-corrected chi connectivity index (χ3v) is 5.56. The summed E-state index contributed by atoms with van der Waals surface area (Å²) in [6.07, 6.45) is 2.87. The second-order valence-corrected chi connectivity index (χ2v) is 8.34. The highest BCUT2D eigenvalue weighted by Gasteiger charge is 2.33. The van der Waals surface area contributed by atoms with E-state index in [1.165, 1.54) is 11.2 Å². The van der Waals surface area contributed by atoms with Crippen LogP contribution in [0, 0.1) is 11.3 Å². The van der Waals surface area contributed by atoms with Crippen LogP contribution in [0.4, 0.5) is 16.0 Å². The monoisotopic (exact) mass is 480 g/mol. The summed E-state index contributed by atoms with van der Waals surface area (Å²) >= 11 is 0. The molecule has 2 N–H and O–H groups in total. The summed E-state index contributed by atoms with van der Waals surface area (Å²) in [5, 5.41) is 26.0. The van der Waals surface area contributed by atoms with Crippen molar-refractivity contribution >= 4 is 17.5 Å². The van der Waals surface area contributed by atoms with Crippen LogP contribution < -0.4 is 10.1 Å². The quantitative estimate of drug-likeness (QED) is 0.520. The topological polar surface area (TPSA) is 142 Å². The number of hydrogen-bond donors (Lipinski definition) is 2. The maximum atomic E-state index is 14.6. The van der Waals surface area contributed by atoms with Crippen molar-refractivity contribution in [3.63, 3.8) is 0 Å². The fraction of sp³-hybridized carbons (Fsp3) is 0.391. The lowest BCUT2D eigenvalue weighted by Gasteiger charge is -2.34. The lowest BCUT2D eigenvalue weighted by Crippen LogP contribution is -2.50. The van der Waals surface area contributed by atoms with E-state index < -0.39 is 24.8 Å². The van der Waals surface area contributed by atoms with Crippen molar-refractivity contribution < 1.29 is 19.0 Å². The van der Waals surface area contributed by atoms with Gasteiger partial charge in [-0.2, -0.15) is 15.3 Å². The van der Waals surface area contributed by atoms with Crippen LogP contribution in [0.25, 0.3) is 11.4 Å². The Balaban J connectivity index is 1.48. The molecule has 1 aromatic carbocycles. The van der Waals surface area contributed by atoms with Crippen LogP contribution in [0.5, 0.6) is 5.75 Å². The van der Waals surface area contributed by atoms with E-state index in [0.29, 0.717) is 17.3 Å². The van der Waals surface area contributed by atoms with E-state index in [4.69, 9.17) is 9.84 Å². The fourth-order valence-electron chi connectivity index (χ4n) is 3.67. The highest BCUT2D eigenvalue weighted by Crippen LogP contribution is 2.28. The minimum absolute atomic E-state index is 0.166. The number of nitrogens with zero attached hydrogens (tertiary/aromatic N) is 7. The number of likely N-dealkylation sites (tertiary alicyclic amines) is 1. The molecule has 1 fully saturated rings. The van der Waals surface area contributed by atoms with Gasteiger partial charge in [0.15, 0.2) is 12.0 Å². The highest BCUT2D eigenvalue weighted by molar-refractivity contribution is 5.77. The average molecular weight is 481 g/mol. The number of benzene rings is 1. The standard InChI is InChI=1S/C23H25FN8O3/c1-14(2)32-10-17(9-28-32)29-23-27-13-26-22(30-23)15-3-4-19(16(7-15)8-25)35-20-5-6-31(11-18(20)24)21(34)12-33/h3-4,7,9-10,13-14,18,20,33H,5-6,11-12H2,1-2H3,(H,26,27,29,30)/t18?,20-/m0/s1. The Bertz CT molecular complexity index is 1240. The molecule has 0 spiro atoms. The van der Waals surface area contributed by atoms with E-state index in [1.807, 2.05) is 20.0 Å². The first-order valence-corrected chi connectivity index (χ1v) is 11.1. The Hall–Kier alpha value is -4.11. The van der Waals surface area contributed by atoms with Crippen molar-refractivity contribution in [1.82, 2.24) is 29.6 Å². The third kappa shape index (κ3) is 5.52. The molecule has 0 radical (unpaired) electrons. The summed E-state index contributed by atoms with van der Waals surface area (Å²) in [4.78, 5) is 25.6. The highest BCUT2D eigenvalue weighted by atomic mass is 19.1. The Morgan fingerprint density at radius 1 is 1.40 bits per heavy atom. The van der Waals surface area contributed by atoms with Crippen molar-refractivity contribution in [1.29, 1.82) is 5.26 Å². The molecule has 1 unspecified atom stereocenters. The molecular weight excluding hydrogens is 455 g/mol. The van der Waals surface area contributed by atoms with Crippen LogP contribution in [-0.4, -0.2) is 72.6 Å². The number of alkyl halides is 1.